The van der Waals surface area contributed by atoms with Crippen molar-refractivity contribution in [3.63, 3.8) is 0 Å². The first-order chi connectivity index (χ1) is 12.5. The molecule has 0 heterocycles. The minimum Gasteiger partial charge on any atom is -0.339 e. The average Bonchev–Trinajstić information content (AvgIpc) is 2.61. The van der Waals surface area contributed by atoms with E-state index in [1.54, 1.807) is 24.3 Å². The largest absolute Gasteiger partial charge is 0.339 e. The first kappa shape index (κ1) is 22.1. The van der Waals surface area contributed by atoms with Gasteiger partial charge in [-0.15, -0.1) is 0 Å². The molecular formula is C20H31N3O2S. The van der Waals surface area contributed by atoms with Crippen LogP contribution in [0.3, 0.4) is 0 Å². The number of unbranched alkanes of at least 4 members (excludes halogenated alkanes) is 2. The van der Waals surface area contributed by atoms with Crippen molar-refractivity contribution in [1.29, 1.82) is 0 Å². The molecule has 6 heteroatoms. The summed E-state index contributed by atoms with van der Waals surface area (Å²) in [5.74, 6) is -0.0235. The number of nitrogens with one attached hydrogen (secondary N) is 2. The van der Waals surface area contributed by atoms with Crippen LogP contribution in [0.4, 0.5) is 5.69 Å². The van der Waals surface area contributed by atoms with Crippen molar-refractivity contribution in [2.24, 2.45) is 0 Å². The van der Waals surface area contributed by atoms with Gasteiger partial charge >= 0.3 is 0 Å². The van der Waals surface area contributed by atoms with Gasteiger partial charge in [0.15, 0.2) is 5.11 Å². The SMILES string of the molecule is CCCCCC(=O)NC(=S)Nc1ccc(C(=O)N(CCC)CCC)cc1. The van der Waals surface area contributed by atoms with E-state index in [0.717, 1.165) is 50.9 Å². The van der Waals surface area contributed by atoms with Crippen LogP contribution in [-0.2, 0) is 4.79 Å². The second kappa shape index (κ2) is 12.4. The van der Waals surface area contributed by atoms with Crippen LogP contribution in [-0.4, -0.2) is 34.9 Å². The summed E-state index contributed by atoms with van der Waals surface area (Å²) < 4.78 is 0. The van der Waals surface area contributed by atoms with E-state index >= 15 is 0 Å². The summed E-state index contributed by atoms with van der Waals surface area (Å²) in [5, 5.41) is 5.95. The first-order valence-electron chi connectivity index (χ1n) is 9.51. The molecule has 0 atom stereocenters. The van der Waals surface area contributed by atoms with Gasteiger partial charge in [0.1, 0.15) is 0 Å². The number of nitrogens with zero attached hydrogens (tertiary/aromatic N) is 1. The number of hydrogen-bond donors (Lipinski definition) is 2. The Kier molecular flexibility index (Phi) is 10.5. The minimum atomic E-state index is -0.0717. The summed E-state index contributed by atoms with van der Waals surface area (Å²) in [5.41, 5.74) is 1.41. The molecular weight excluding hydrogens is 346 g/mol. The predicted molar refractivity (Wildman–Crippen MR) is 111 cm³/mol. The fraction of sp³-hybridized carbons (Fsp3) is 0.550. The van der Waals surface area contributed by atoms with Crippen LogP contribution in [0.1, 0.15) is 69.7 Å². The van der Waals surface area contributed by atoms with Crippen LogP contribution < -0.4 is 10.6 Å². The Morgan fingerprint density at radius 2 is 1.58 bits per heavy atom. The Balaban J connectivity index is 2.57. The molecule has 0 aliphatic heterocycles. The highest BCUT2D eigenvalue weighted by Gasteiger charge is 2.14. The number of amides is 2. The molecule has 0 saturated heterocycles. The van der Waals surface area contributed by atoms with Crippen molar-refractivity contribution in [2.75, 3.05) is 18.4 Å². The van der Waals surface area contributed by atoms with Crippen LogP contribution in [0.25, 0.3) is 0 Å². The van der Waals surface area contributed by atoms with E-state index in [-0.39, 0.29) is 16.9 Å². The number of rotatable bonds is 10. The maximum absolute atomic E-state index is 12.6. The van der Waals surface area contributed by atoms with Crippen molar-refractivity contribution >= 4 is 34.8 Å². The molecule has 1 aromatic carbocycles. The summed E-state index contributed by atoms with van der Waals surface area (Å²) in [6, 6.07) is 7.18. The molecule has 0 spiro atoms. The fourth-order valence-electron chi connectivity index (χ4n) is 2.62. The third-order valence-corrected chi connectivity index (χ3v) is 4.13. The number of benzene rings is 1. The van der Waals surface area contributed by atoms with Gasteiger partial charge in [-0.05, 0) is 55.7 Å². The van der Waals surface area contributed by atoms with Crippen molar-refractivity contribution < 1.29 is 9.59 Å². The Morgan fingerprint density at radius 3 is 2.12 bits per heavy atom. The maximum Gasteiger partial charge on any atom is 0.253 e. The summed E-state index contributed by atoms with van der Waals surface area (Å²) in [6.45, 7) is 7.77. The summed E-state index contributed by atoms with van der Waals surface area (Å²) in [6.07, 6.45) is 5.35. The van der Waals surface area contributed by atoms with Gasteiger partial charge in [0.2, 0.25) is 5.91 Å². The third-order valence-electron chi connectivity index (χ3n) is 3.92. The lowest BCUT2D eigenvalue weighted by Crippen LogP contribution is -2.34. The minimum absolute atomic E-state index is 0.0482. The first-order valence-corrected chi connectivity index (χ1v) is 9.92. The molecule has 0 aliphatic carbocycles. The molecule has 0 unspecified atom stereocenters. The van der Waals surface area contributed by atoms with Gasteiger partial charge in [-0.1, -0.05) is 33.6 Å². The highest BCUT2D eigenvalue weighted by molar-refractivity contribution is 7.80. The zero-order valence-electron chi connectivity index (χ0n) is 16.1. The molecule has 2 N–H and O–H groups in total. The maximum atomic E-state index is 12.6. The molecule has 1 aromatic rings. The quantitative estimate of drug-likeness (QED) is 0.470. The monoisotopic (exact) mass is 377 g/mol. The standard InChI is InChI=1S/C20H31N3O2S/c1-4-7-8-9-18(24)22-20(26)21-17-12-10-16(11-13-17)19(25)23(14-5-2)15-6-3/h10-13H,4-9,14-15H2,1-3H3,(H2,21,22,24,26). The normalized spacial score (nSPS) is 10.3. The third kappa shape index (κ3) is 7.95. The van der Waals surface area contributed by atoms with E-state index in [1.807, 2.05) is 4.90 Å². The van der Waals surface area contributed by atoms with Gasteiger partial charge in [0, 0.05) is 30.8 Å². The van der Waals surface area contributed by atoms with E-state index in [4.69, 9.17) is 12.2 Å². The van der Waals surface area contributed by atoms with E-state index in [0.29, 0.717) is 12.0 Å². The predicted octanol–water partition coefficient (Wildman–Crippen LogP) is 4.34. The van der Waals surface area contributed by atoms with Gasteiger partial charge in [-0.25, -0.2) is 0 Å². The van der Waals surface area contributed by atoms with Gasteiger partial charge in [-0.3, -0.25) is 9.59 Å². The lowest BCUT2D eigenvalue weighted by atomic mass is 10.1. The molecule has 144 valence electrons. The molecule has 0 aliphatic rings. The lowest BCUT2D eigenvalue weighted by Gasteiger charge is -2.21. The fourth-order valence-corrected chi connectivity index (χ4v) is 2.85. The van der Waals surface area contributed by atoms with Gasteiger partial charge in [0.25, 0.3) is 5.91 Å². The van der Waals surface area contributed by atoms with Crippen LogP contribution in [0, 0.1) is 0 Å². The van der Waals surface area contributed by atoms with Crippen LogP contribution in [0.2, 0.25) is 0 Å². The molecule has 0 fully saturated rings. The molecule has 1 rings (SSSR count). The number of hydrogen-bond acceptors (Lipinski definition) is 3. The highest BCUT2D eigenvalue weighted by atomic mass is 32.1. The van der Waals surface area contributed by atoms with Gasteiger partial charge in [-0.2, -0.15) is 0 Å². The summed E-state index contributed by atoms with van der Waals surface area (Å²) in [4.78, 5) is 26.2. The zero-order valence-corrected chi connectivity index (χ0v) is 17.0. The van der Waals surface area contributed by atoms with Gasteiger partial charge < -0.3 is 15.5 Å². The number of carbonyl (C=O) groups is 2. The Hall–Kier alpha value is -1.95. The number of anilines is 1. The number of carbonyl (C=O) groups excluding carboxylic acids is 2. The Bertz CT molecular complexity index is 581. The van der Waals surface area contributed by atoms with Crippen LogP contribution in [0.15, 0.2) is 24.3 Å². The molecule has 26 heavy (non-hydrogen) atoms. The molecule has 5 nitrogen and oxygen atoms in total. The highest BCUT2D eigenvalue weighted by Crippen LogP contribution is 2.12. The summed E-state index contributed by atoms with van der Waals surface area (Å²) >= 11 is 5.17. The second-order valence-corrected chi connectivity index (χ2v) is 6.74. The van der Waals surface area contributed by atoms with Crippen molar-refractivity contribution in [2.45, 2.75) is 59.3 Å². The molecule has 0 saturated carbocycles. The lowest BCUT2D eigenvalue weighted by molar-refractivity contribution is -0.119. The van der Waals surface area contributed by atoms with E-state index in [1.165, 1.54) is 0 Å². The van der Waals surface area contributed by atoms with E-state index < -0.39 is 0 Å². The Morgan fingerprint density at radius 1 is 0.962 bits per heavy atom. The van der Waals surface area contributed by atoms with Gasteiger partial charge in [0.05, 0.1) is 0 Å². The van der Waals surface area contributed by atoms with Crippen LogP contribution >= 0.6 is 12.2 Å². The molecule has 0 radical (unpaired) electrons. The van der Waals surface area contributed by atoms with Crippen molar-refractivity contribution in [3.05, 3.63) is 29.8 Å². The molecule has 2 amide bonds. The van der Waals surface area contributed by atoms with Crippen molar-refractivity contribution in [1.82, 2.24) is 10.2 Å². The number of thiocarbonyl (C=S) groups is 1. The smallest absolute Gasteiger partial charge is 0.253 e. The van der Waals surface area contributed by atoms with Crippen molar-refractivity contribution in [3.8, 4) is 0 Å². The molecule has 0 aromatic heterocycles. The second-order valence-electron chi connectivity index (χ2n) is 6.33. The topological polar surface area (TPSA) is 61.4 Å². The van der Waals surface area contributed by atoms with E-state index in [9.17, 15) is 9.59 Å². The van der Waals surface area contributed by atoms with E-state index in [2.05, 4.69) is 31.4 Å². The average molecular weight is 378 g/mol. The van der Waals surface area contributed by atoms with Crippen LogP contribution in [0.5, 0.6) is 0 Å². The molecule has 0 bridgehead atoms. The Labute approximate surface area is 162 Å². The zero-order chi connectivity index (χ0) is 19.4. The summed E-state index contributed by atoms with van der Waals surface area (Å²) in [7, 11) is 0.